The van der Waals surface area contributed by atoms with Crippen molar-refractivity contribution in [1.29, 1.82) is 0 Å². The third kappa shape index (κ3) is 5.14. The molecule has 23 heavy (non-hydrogen) atoms. The van der Waals surface area contributed by atoms with Crippen molar-refractivity contribution in [2.24, 2.45) is 11.7 Å². The first-order valence-electron chi connectivity index (χ1n) is 7.75. The zero-order chi connectivity index (χ0) is 16.7. The average Bonchev–Trinajstić information content (AvgIpc) is 3.06. The van der Waals surface area contributed by atoms with Crippen LogP contribution in [-0.2, 0) is 9.59 Å². The maximum absolute atomic E-state index is 11.7. The summed E-state index contributed by atoms with van der Waals surface area (Å²) in [6.07, 6.45) is 1.02. The molecule has 0 aromatic heterocycles. The molecule has 1 saturated heterocycles. The van der Waals surface area contributed by atoms with Gasteiger partial charge < -0.3 is 26.0 Å². The van der Waals surface area contributed by atoms with Crippen molar-refractivity contribution < 1.29 is 14.3 Å². The Labute approximate surface area is 136 Å². The smallest absolute Gasteiger partial charge is 0.239 e. The van der Waals surface area contributed by atoms with E-state index in [0.29, 0.717) is 12.5 Å². The first-order valence-corrected chi connectivity index (χ1v) is 7.75. The highest BCUT2D eigenvalue weighted by Gasteiger charge is 2.23. The summed E-state index contributed by atoms with van der Waals surface area (Å²) in [5.41, 5.74) is 6.30. The predicted octanol–water partition coefficient (Wildman–Crippen LogP) is -0.287. The Morgan fingerprint density at radius 3 is 2.91 bits per heavy atom. The number of carbonyl (C=O) groups is 2. The molecule has 0 saturated carbocycles. The van der Waals surface area contributed by atoms with Crippen molar-refractivity contribution in [1.82, 2.24) is 10.6 Å². The van der Waals surface area contributed by atoms with Gasteiger partial charge in [-0.05, 0) is 24.5 Å². The van der Waals surface area contributed by atoms with E-state index in [1.165, 1.54) is 0 Å². The average molecular weight is 320 g/mol. The van der Waals surface area contributed by atoms with E-state index in [4.69, 9.17) is 10.5 Å². The molecule has 1 aliphatic rings. The maximum atomic E-state index is 11.7. The molecule has 126 valence electrons. The number of carbonyl (C=O) groups excluding carboxylic acids is 2. The summed E-state index contributed by atoms with van der Waals surface area (Å²) in [5, 5.41) is 5.31. The molecule has 1 fully saturated rings. The second-order valence-electron chi connectivity index (χ2n) is 5.59. The highest BCUT2D eigenvalue weighted by molar-refractivity contribution is 5.85. The van der Waals surface area contributed by atoms with Gasteiger partial charge in [0.2, 0.25) is 11.8 Å². The predicted molar refractivity (Wildman–Crippen MR) is 88.4 cm³/mol. The van der Waals surface area contributed by atoms with Gasteiger partial charge in [-0.15, -0.1) is 0 Å². The molecule has 1 heterocycles. The fraction of sp³-hybridized carbons (Fsp3) is 0.500. The van der Waals surface area contributed by atoms with Gasteiger partial charge in [-0.25, -0.2) is 0 Å². The number of methoxy groups -OCH3 is 1. The Bertz CT molecular complexity index is 550. The van der Waals surface area contributed by atoms with Gasteiger partial charge in [0.05, 0.1) is 20.2 Å². The van der Waals surface area contributed by atoms with Gasteiger partial charge in [0.25, 0.3) is 0 Å². The summed E-state index contributed by atoms with van der Waals surface area (Å²) >= 11 is 0. The van der Waals surface area contributed by atoms with Crippen LogP contribution in [0, 0.1) is 5.92 Å². The monoisotopic (exact) mass is 320 g/mol. The molecule has 1 unspecified atom stereocenters. The van der Waals surface area contributed by atoms with Gasteiger partial charge in [-0.3, -0.25) is 9.59 Å². The van der Waals surface area contributed by atoms with Crippen LogP contribution in [0.5, 0.6) is 5.75 Å². The number of amides is 2. The summed E-state index contributed by atoms with van der Waals surface area (Å²) in [6, 6.07) is 7.98. The molecule has 0 radical (unpaired) electrons. The van der Waals surface area contributed by atoms with Crippen LogP contribution in [0.15, 0.2) is 24.3 Å². The molecule has 2 rings (SSSR count). The van der Waals surface area contributed by atoms with Crippen LogP contribution in [0.2, 0.25) is 0 Å². The second kappa shape index (κ2) is 8.38. The first-order chi connectivity index (χ1) is 11.1. The van der Waals surface area contributed by atoms with Crippen LogP contribution < -0.4 is 26.0 Å². The lowest BCUT2D eigenvalue weighted by Gasteiger charge is -2.19. The van der Waals surface area contributed by atoms with Crippen LogP contribution in [0.4, 0.5) is 5.69 Å². The third-order valence-corrected chi connectivity index (χ3v) is 3.92. The summed E-state index contributed by atoms with van der Waals surface area (Å²) < 4.78 is 5.25. The SMILES string of the molecule is COc1cccc(N2CCC(CNC(=O)CNC(=O)CN)C2)c1. The topological polar surface area (TPSA) is 96.7 Å². The number of hydrogen-bond acceptors (Lipinski definition) is 5. The number of nitrogens with one attached hydrogen (secondary N) is 2. The van der Waals surface area contributed by atoms with Crippen LogP contribution in [0.1, 0.15) is 6.42 Å². The molecular weight excluding hydrogens is 296 g/mol. The van der Waals surface area contributed by atoms with Crippen molar-refractivity contribution in [3.05, 3.63) is 24.3 Å². The number of hydrogen-bond donors (Lipinski definition) is 3. The molecule has 1 atom stereocenters. The molecule has 1 aromatic rings. The third-order valence-electron chi connectivity index (χ3n) is 3.92. The lowest BCUT2D eigenvalue weighted by Crippen LogP contribution is -2.41. The lowest BCUT2D eigenvalue weighted by molar-refractivity contribution is -0.125. The molecule has 0 spiro atoms. The Morgan fingerprint density at radius 2 is 2.17 bits per heavy atom. The molecule has 1 aliphatic heterocycles. The minimum Gasteiger partial charge on any atom is -0.497 e. The van der Waals surface area contributed by atoms with Gasteiger partial charge >= 0.3 is 0 Å². The van der Waals surface area contributed by atoms with Gasteiger partial charge in [0, 0.05) is 31.4 Å². The fourth-order valence-electron chi connectivity index (χ4n) is 2.61. The van der Waals surface area contributed by atoms with Gasteiger partial charge in [0.15, 0.2) is 0 Å². The van der Waals surface area contributed by atoms with Crippen LogP contribution in [0.25, 0.3) is 0 Å². The Kier molecular flexibility index (Phi) is 6.22. The molecule has 0 bridgehead atoms. The normalized spacial score (nSPS) is 17.0. The van der Waals surface area contributed by atoms with Crippen LogP contribution >= 0.6 is 0 Å². The van der Waals surface area contributed by atoms with E-state index in [9.17, 15) is 9.59 Å². The zero-order valence-corrected chi connectivity index (χ0v) is 13.4. The van der Waals surface area contributed by atoms with Crippen molar-refractivity contribution in [3.8, 4) is 5.75 Å². The Balaban J connectivity index is 1.75. The minimum absolute atomic E-state index is 0.0254. The number of anilines is 1. The molecule has 4 N–H and O–H groups in total. The van der Waals surface area contributed by atoms with Crippen molar-refractivity contribution in [3.63, 3.8) is 0 Å². The fourth-order valence-corrected chi connectivity index (χ4v) is 2.61. The zero-order valence-electron chi connectivity index (χ0n) is 13.4. The second-order valence-corrected chi connectivity index (χ2v) is 5.59. The summed E-state index contributed by atoms with van der Waals surface area (Å²) in [7, 11) is 1.66. The molecular formula is C16H24N4O3. The minimum atomic E-state index is -0.329. The van der Waals surface area contributed by atoms with E-state index in [2.05, 4.69) is 21.6 Å². The van der Waals surface area contributed by atoms with Crippen LogP contribution in [-0.4, -0.2) is 51.6 Å². The highest BCUT2D eigenvalue weighted by Crippen LogP contribution is 2.26. The quantitative estimate of drug-likeness (QED) is 0.642. The molecule has 2 amide bonds. The van der Waals surface area contributed by atoms with E-state index in [1.807, 2.05) is 18.2 Å². The molecule has 1 aromatic carbocycles. The number of nitrogens with two attached hydrogens (primary N) is 1. The lowest BCUT2D eigenvalue weighted by atomic mass is 10.1. The van der Waals surface area contributed by atoms with E-state index in [-0.39, 0.29) is 24.9 Å². The highest BCUT2D eigenvalue weighted by atomic mass is 16.5. The van der Waals surface area contributed by atoms with E-state index in [1.54, 1.807) is 7.11 Å². The van der Waals surface area contributed by atoms with Crippen molar-refractivity contribution in [2.75, 3.05) is 44.7 Å². The van der Waals surface area contributed by atoms with Crippen molar-refractivity contribution in [2.45, 2.75) is 6.42 Å². The number of rotatable bonds is 7. The number of benzene rings is 1. The van der Waals surface area contributed by atoms with Crippen molar-refractivity contribution >= 4 is 17.5 Å². The molecule has 7 nitrogen and oxygen atoms in total. The first kappa shape index (κ1) is 17.1. The largest absolute Gasteiger partial charge is 0.497 e. The van der Waals surface area contributed by atoms with Gasteiger partial charge in [-0.1, -0.05) is 6.07 Å². The van der Waals surface area contributed by atoms with E-state index >= 15 is 0 Å². The Morgan fingerprint density at radius 1 is 1.35 bits per heavy atom. The molecule has 0 aliphatic carbocycles. The van der Waals surface area contributed by atoms with Crippen LogP contribution in [0.3, 0.4) is 0 Å². The van der Waals surface area contributed by atoms with E-state index < -0.39 is 0 Å². The van der Waals surface area contributed by atoms with Gasteiger partial charge in [0.1, 0.15) is 5.75 Å². The number of nitrogens with zero attached hydrogens (tertiary/aromatic N) is 1. The maximum Gasteiger partial charge on any atom is 0.239 e. The molecule has 7 heteroatoms. The summed E-state index contributed by atoms with van der Waals surface area (Å²) in [5.74, 6) is 0.724. The van der Waals surface area contributed by atoms with E-state index in [0.717, 1.165) is 30.9 Å². The summed E-state index contributed by atoms with van der Waals surface area (Å²) in [4.78, 5) is 24.9. The standard InChI is InChI=1S/C16H24N4O3/c1-23-14-4-2-3-13(7-14)20-6-5-12(11-20)9-18-16(22)10-19-15(21)8-17/h2-4,7,12H,5-6,8-11,17H2,1H3,(H,18,22)(H,19,21). The summed E-state index contributed by atoms with van der Waals surface area (Å²) in [6.45, 7) is 2.33. The Hall–Kier alpha value is -2.28. The number of ether oxygens (including phenoxy) is 1. The van der Waals surface area contributed by atoms with Gasteiger partial charge in [-0.2, -0.15) is 0 Å².